The molecule has 0 saturated carbocycles. The van der Waals surface area contributed by atoms with Crippen molar-refractivity contribution >= 4 is 17.2 Å². The molecule has 4 nitrogen and oxygen atoms in total. The first-order chi connectivity index (χ1) is 10.6. The third-order valence-corrected chi connectivity index (χ3v) is 4.35. The van der Waals surface area contributed by atoms with Crippen LogP contribution >= 0.6 is 11.3 Å². The van der Waals surface area contributed by atoms with Gasteiger partial charge in [-0.2, -0.15) is 13.2 Å². The van der Waals surface area contributed by atoms with Gasteiger partial charge in [-0.05, 0) is 38.1 Å². The summed E-state index contributed by atoms with van der Waals surface area (Å²) in [5, 5.41) is 12.4. The van der Waals surface area contributed by atoms with Crippen molar-refractivity contribution in [1.29, 1.82) is 0 Å². The lowest BCUT2D eigenvalue weighted by atomic mass is 9.95. The molecule has 2 heterocycles. The Kier molecular flexibility index (Phi) is 4.86. The fraction of sp³-hybridized carbons (Fsp3) is 0.400. The van der Waals surface area contributed by atoms with E-state index in [0.717, 1.165) is 10.9 Å². The molecule has 0 radical (unpaired) electrons. The number of hydrogen-bond donors (Lipinski definition) is 2. The molecule has 1 amide bonds. The predicted molar refractivity (Wildman–Crippen MR) is 79.4 cm³/mol. The molecule has 0 aliphatic carbocycles. The van der Waals surface area contributed by atoms with Crippen LogP contribution < -0.4 is 5.32 Å². The third kappa shape index (κ3) is 3.76. The smallest absolute Gasteiger partial charge is 0.424 e. The van der Waals surface area contributed by atoms with E-state index in [1.54, 1.807) is 12.1 Å². The van der Waals surface area contributed by atoms with Crippen molar-refractivity contribution in [2.45, 2.75) is 32.0 Å². The van der Waals surface area contributed by atoms with Crippen LogP contribution in [0.3, 0.4) is 0 Å². The van der Waals surface area contributed by atoms with Crippen LogP contribution in [-0.4, -0.2) is 23.7 Å². The number of hydrogen-bond acceptors (Lipinski definition) is 4. The average molecular weight is 347 g/mol. The van der Waals surface area contributed by atoms with E-state index in [0.29, 0.717) is 4.88 Å². The number of halogens is 3. The van der Waals surface area contributed by atoms with Crippen LogP contribution in [0.5, 0.6) is 0 Å². The number of thiophene rings is 1. The average Bonchev–Trinajstić information content (AvgIpc) is 3.06. The summed E-state index contributed by atoms with van der Waals surface area (Å²) in [6, 6.07) is 5.78. The summed E-state index contributed by atoms with van der Waals surface area (Å²) < 4.78 is 44.6. The zero-order valence-corrected chi connectivity index (χ0v) is 13.3. The van der Waals surface area contributed by atoms with Crippen molar-refractivity contribution in [3.63, 3.8) is 0 Å². The lowest BCUT2D eigenvalue weighted by Crippen LogP contribution is -2.44. The van der Waals surface area contributed by atoms with Gasteiger partial charge in [0.1, 0.15) is 11.5 Å². The SMILES string of the molecule is Cc1ccc(C(O)(CCNC(=O)c2ccc(C)s2)C(F)(F)F)o1. The molecule has 1 unspecified atom stereocenters. The molecule has 0 bridgehead atoms. The number of aliphatic hydroxyl groups is 1. The number of carbonyl (C=O) groups excluding carboxylic acids is 1. The number of amides is 1. The van der Waals surface area contributed by atoms with Gasteiger partial charge in [0.2, 0.25) is 5.60 Å². The molecule has 0 aromatic carbocycles. The first kappa shape index (κ1) is 17.6. The molecule has 23 heavy (non-hydrogen) atoms. The summed E-state index contributed by atoms with van der Waals surface area (Å²) >= 11 is 1.24. The molecule has 0 aliphatic rings. The Balaban J connectivity index is 2.06. The molecular weight excluding hydrogens is 331 g/mol. The lowest BCUT2D eigenvalue weighted by Gasteiger charge is -2.28. The Morgan fingerprint density at radius 2 is 1.96 bits per heavy atom. The molecule has 8 heteroatoms. The molecule has 2 aromatic rings. The fourth-order valence-corrected chi connectivity index (χ4v) is 2.85. The van der Waals surface area contributed by atoms with Crippen LogP contribution in [0.4, 0.5) is 13.2 Å². The number of alkyl halides is 3. The minimum Gasteiger partial charge on any atom is -0.463 e. The van der Waals surface area contributed by atoms with E-state index in [1.807, 2.05) is 6.92 Å². The van der Waals surface area contributed by atoms with Crippen molar-refractivity contribution in [1.82, 2.24) is 5.32 Å². The Hall–Kier alpha value is -1.80. The zero-order chi connectivity index (χ0) is 17.3. The largest absolute Gasteiger partial charge is 0.463 e. The number of furan rings is 1. The quantitative estimate of drug-likeness (QED) is 0.870. The maximum atomic E-state index is 13.2. The van der Waals surface area contributed by atoms with Crippen molar-refractivity contribution in [2.24, 2.45) is 0 Å². The van der Waals surface area contributed by atoms with Gasteiger partial charge < -0.3 is 14.8 Å². The van der Waals surface area contributed by atoms with Gasteiger partial charge in [-0.25, -0.2) is 0 Å². The van der Waals surface area contributed by atoms with Gasteiger partial charge in [-0.1, -0.05) is 0 Å². The normalized spacial score (nSPS) is 14.5. The lowest BCUT2D eigenvalue weighted by molar-refractivity contribution is -0.274. The van der Waals surface area contributed by atoms with Gasteiger partial charge in [-0.15, -0.1) is 11.3 Å². The maximum Gasteiger partial charge on any atom is 0.424 e. The van der Waals surface area contributed by atoms with Gasteiger partial charge in [0.15, 0.2) is 0 Å². The molecular formula is C15H16F3NO3S. The van der Waals surface area contributed by atoms with Gasteiger partial charge in [0, 0.05) is 17.8 Å². The second kappa shape index (κ2) is 6.37. The second-order valence-corrected chi connectivity index (χ2v) is 6.47. The fourth-order valence-electron chi connectivity index (χ4n) is 2.06. The maximum absolute atomic E-state index is 13.2. The number of aryl methyl sites for hydroxylation is 2. The minimum atomic E-state index is -4.92. The molecule has 0 spiro atoms. The highest BCUT2D eigenvalue weighted by Gasteiger charge is 2.56. The Morgan fingerprint density at radius 1 is 1.26 bits per heavy atom. The Morgan fingerprint density at radius 3 is 2.43 bits per heavy atom. The monoisotopic (exact) mass is 347 g/mol. The molecule has 0 saturated heterocycles. The number of carbonyl (C=O) groups is 1. The summed E-state index contributed by atoms with van der Waals surface area (Å²) in [5.41, 5.74) is -3.14. The molecule has 2 rings (SSSR count). The van der Waals surface area contributed by atoms with Crippen molar-refractivity contribution in [2.75, 3.05) is 6.54 Å². The van der Waals surface area contributed by atoms with Crippen LogP contribution in [0.1, 0.15) is 32.5 Å². The molecule has 1 atom stereocenters. The summed E-state index contributed by atoms with van der Waals surface area (Å²) in [7, 11) is 0. The topological polar surface area (TPSA) is 62.5 Å². The summed E-state index contributed by atoms with van der Waals surface area (Å²) in [5.74, 6) is -0.785. The molecule has 2 aromatic heterocycles. The summed E-state index contributed by atoms with van der Waals surface area (Å²) in [6.07, 6.45) is -5.65. The Bertz CT molecular complexity index is 692. The van der Waals surface area contributed by atoms with Crippen molar-refractivity contribution in [3.8, 4) is 0 Å². The predicted octanol–water partition coefficient (Wildman–Crippen LogP) is 3.53. The van der Waals surface area contributed by atoms with Crippen LogP contribution in [0.15, 0.2) is 28.7 Å². The van der Waals surface area contributed by atoms with E-state index in [4.69, 9.17) is 4.42 Å². The van der Waals surface area contributed by atoms with Crippen LogP contribution in [0.2, 0.25) is 0 Å². The van der Waals surface area contributed by atoms with E-state index in [2.05, 4.69) is 5.32 Å². The first-order valence-corrected chi connectivity index (χ1v) is 7.66. The second-order valence-electron chi connectivity index (χ2n) is 5.18. The van der Waals surface area contributed by atoms with Crippen molar-refractivity contribution < 1.29 is 27.5 Å². The van der Waals surface area contributed by atoms with E-state index >= 15 is 0 Å². The minimum absolute atomic E-state index is 0.265. The van der Waals surface area contributed by atoms with Crippen LogP contribution in [0, 0.1) is 13.8 Å². The standard InChI is InChI=1S/C15H16F3NO3S/c1-9-3-6-12(22-9)14(21,15(16,17)18)7-8-19-13(20)11-5-4-10(2)23-11/h3-6,21H,7-8H2,1-2H3,(H,19,20). The first-order valence-electron chi connectivity index (χ1n) is 6.84. The Labute approximate surface area is 134 Å². The summed E-state index contributed by atoms with van der Waals surface area (Å²) in [6.45, 7) is 2.97. The van der Waals surface area contributed by atoms with Crippen LogP contribution in [-0.2, 0) is 5.60 Å². The molecule has 2 N–H and O–H groups in total. The van der Waals surface area contributed by atoms with Gasteiger partial charge in [0.05, 0.1) is 4.88 Å². The van der Waals surface area contributed by atoms with E-state index in [9.17, 15) is 23.1 Å². The molecule has 0 fully saturated rings. The van der Waals surface area contributed by atoms with Gasteiger partial charge in [0.25, 0.3) is 5.91 Å². The highest BCUT2D eigenvalue weighted by Crippen LogP contribution is 2.42. The molecule has 126 valence electrons. The number of rotatable bonds is 5. The third-order valence-electron chi connectivity index (χ3n) is 3.35. The van der Waals surface area contributed by atoms with E-state index in [-0.39, 0.29) is 12.3 Å². The van der Waals surface area contributed by atoms with Crippen LogP contribution in [0.25, 0.3) is 0 Å². The molecule has 0 aliphatic heterocycles. The highest BCUT2D eigenvalue weighted by atomic mass is 32.1. The zero-order valence-electron chi connectivity index (χ0n) is 12.5. The van der Waals surface area contributed by atoms with Gasteiger partial charge in [-0.3, -0.25) is 4.79 Å². The number of nitrogens with one attached hydrogen (secondary N) is 1. The highest BCUT2D eigenvalue weighted by molar-refractivity contribution is 7.13. The van der Waals surface area contributed by atoms with E-state index < -0.39 is 29.9 Å². The van der Waals surface area contributed by atoms with Gasteiger partial charge >= 0.3 is 6.18 Å². The van der Waals surface area contributed by atoms with E-state index in [1.165, 1.54) is 24.3 Å². The van der Waals surface area contributed by atoms with Crippen molar-refractivity contribution in [3.05, 3.63) is 45.5 Å². The summed E-state index contributed by atoms with van der Waals surface area (Å²) in [4.78, 5) is 13.2.